The molecule has 4 aromatic rings. The first-order chi connectivity index (χ1) is 17.0. The number of pyridine rings is 1. The Kier molecular flexibility index (Phi) is 6.36. The number of ether oxygens (including phenoxy) is 1. The molecule has 0 amide bonds. The molecule has 1 aliphatic heterocycles. The van der Waals surface area contributed by atoms with Crippen molar-refractivity contribution in [2.45, 2.75) is 39.3 Å². The monoisotopic (exact) mass is 474 g/mol. The van der Waals surface area contributed by atoms with Gasteiger partial charge in [0.25, 0.3) is 0 Å². The molecule has 35 heavy (non-hydrogen) atoms. The van der Waals surface area contributed by atoms with Gasteiger partial charge in [0.15, 0.2) is 0 Å². The molecule has 0 saturated carbocycles. The zero-order chi connectivity index (χ0) is 24.5. The van der Waals surface area contributed by atoms with Gasteiger partial charge in [-0.15, -0.1) is 9.50 Å². The average molecular weight is 475 g/mol. The van der Waals surface area contributed by atoms with Gasteiger partial charge in [0.1, 0.15) is 5.69 Å². The zero-order valence-electron chi connectivity index (χ0n) is 20.5. The van der Waals surface area contributed by atoms with E-state index in [9.17, 15) is 4.79 Å². The Morgan fingerprint density at radius 3 is 2.60 bits per heavy atom. The van der Waals surface area contributed by atoms with Crippen LogP contribution in [0, 0.1) is 13.8 Å². The van der Waals surface area contributed by atoms with E-state index < -0.39 is 0 Å². The number of anilines is 1. The van der Waals surface area contributed by atoms with Gasteiger partial charge < -0.3 is 4.74 Å². The molecule has 3 aromatic heterocycles. The van der Waals surface area contributed by atoms with E-state index in [1.54, 1.807) is 11.8 Å². The SMILES string of the molecule is COCCN1CCC[C@H]1Cn1nc2c(-c3cc(C)nc(C)c3)c(-c3ccccc3)[nH+]c(N)n2c1=O. The minimum Gasteiger partial charge on any atom is -0.383 e. The molecule has 0 aliphatic carbocycles. The van der Waals surface area contributed by atoms with Crippen LogP contribution in [0.5, 0.6) is 0 Å². The summed E-state index contributed by atoms with van der Waals surface area (Å²) in [6.45, 7) is 6.97. The number of likely N-dealkylation sites (tertiary alicyclic amines) is 1. The highest BCUT2D eigenvalue weighted by Crippen LogP contribution is 2.33. The standard InChI is InChI=1S/C26H31N7O2/c1-17-14-20(15-18(2)28-17)22-23(19-8-5-4-6-9-19)29-25(27)33-24(22)30-32(26(33)34)16-21-10-7-11-31(21)12-13-35-3/h4-6,8-9,14-15,21H,7,10-13,16H2,1-3H3,(H2,27,29)/p+1/t21-/m0/s1. The van der Waals surface area contributed by atoms with Crippen LogP contribution in [0.3, 0.4) is 0 Å². The molecule has 1 atom stereocenters. The number of nitrogens with zero attached hydrogens (tertiary/aromatic N) is 5. The molecule has 1 fully saturated rings. The predicted molar refractivity (Wildman–Crippen MR) is 135 cm³/mol. The van der Waals surface area contributed by atoms with E-state index in [0.29, 0.717) is 18.8 Å². The Hall–Kier alpha value is -3.56. The van der Waals surface area contributed by atoms with E-state index in [2.05, 4.69) is 14.9 Å². The lowest BCUT2D eigenvalue weighted by molar-refractivity contribution is -0.351. The number of nitrogens with two attached hydrogens (primary N) is 1. The summed E-state index contributed by atoms with van der Waals surface area (Å²) in [6, 6.07) is 14.3. The Labute approximate surface area is 204 Å². The van der Waals surface area contributed by atoms with Crippen LogP contribution in [0.25, 0.3) is 28.0 Å². The molecule has 1 aromatic carbocycles. The number of H-pyrrole nitrogens is 1. The highest BCUT2D eigenvalue weighted by molar-refractivity contribution is 5.88. The third-order valence-electron chi connectivity index (χ3n) is 6.70. The first-order valence-corrected chi connectivity index (χ1v) is 12.0. The summed E-state index contributed by atoms with van der Waals surface area (Å²) in [4.78, 5) is 23.7. The molecule has 5 rings (SSSR count). The van der Waals surface area contributed by atoms with Crippen molar-refractivity contribution in [2.24, 2.45) is 0 Å². The highest BCUT2D eigenvalue weighted by atomic mass is 16.5. The van der Waals surface area contributed by atoms with Crippen molar-refractivity contribution in [1.29, 1.82) is 0 Å². The van der Waals surface area contributed by atoms with E-state index in [0.717, 1.165) is 59.7 Å². The number of hydrogen-bond donors (Lipinski definition) is 1. The van der Waals surface area contributed by atoms with Crippen LogP contribution >= 0.6 is 0 Å². The summed E-state index contributed by atoms with van der Waals surface area (Å²) in [5.41, 5.74) is 12.1. The summed E-state index contributed by atoms with van der Waals surface area (Å²) >= 11 is 0. The van der Waals surface area contributed by atoms with Crippen molar-refractivity contribution in [3.05, 3.63) is 64.3 Å². The van der Waals surface area contributed by atoms with Gasteiger partial charge in [0.05, 0.1) is 18.7 Å². The van der Waals surface area contributed by atoms with Gasteiger partial charge in [-0.1, -0.05) is 30.3 Å². The van der Waals surface area contributed by atoms with Gasteiger partial charge in [0, 0.05) is 36.6 Å². The second kappa shape index (κ2) is 9.59. The fourth-order valence-electron chi connectivity index (χ4n) is 5.14. The third kappa shape index (κ3) is 4.44. The number of rotatable bonds is 7. The number of methoxy groups -OCH3 is 1. The summed E-state index contributed by atoms with van der Waals surface area (Å²) in [6.07, 6.45) is 2.13. The molecule has 4 heterocycles. The summed E-state index contributed by atoms with van der Waals surface area (Å²) in [5.74, 6) is 0.254. The highest BCUT2D eigenvalue weighted by Gasteiger charge is 2.29. The van der Waals surface area contributed by atoms with Crippen LogP contribution in [-0.2, 0) is 11.3 Å². The van der Waals surface area contributed by atoms with Gasteiger partial charge in [-0.05, 0) is 50.9 Å². The van der Waals surface area contributed by atoms with Crippen LogP contribution < -0.4 is 16.4 Å². The molecule has 3 N–H and O–H groups in total. The van der Waals surface area contributed by atoms with Crippen LogP contribution in [0.1, 0.15) is 24.2 Å². The number of benzene rings is 1. The molecule has 0 unspecified atom stereocenters. The van der Waals surface area contributed by atoms with Crippen LogP contribution in [0.15, 0.2) is 47.3 Å². The van der Waals surface area contributed by atoms with Crippen molar-refractivity contribution in [3.63, 3.8) is 0 Å². The van der Waals surface area contributed by atoms with Crippen molar-refractivity contribution in [1.82, 2.24) is 24.1 Å². The Morgan fingerprint density at radius 2 is 1.89 bits per heavy atom. The summed E-state index contributed by atoms with van der Waals surface area (Å²) in [7, 11) is 1.71. The molecule has 0 spiro atoms. The molecule has 1 saturated heterocycles. The maximum atomic E-state index is 13.5. The fourth-order valence-corrected chi connectivity index (χ4v) is 5.14. The molecular formula is C26H32N7O2+. The Morgan fingerprint density at radius 1 is 1.14 bits per heavy atom. The summed E-state index contributed by atoms with van der Waals surface area (Å²) < 4.78 is 8.32. The van der Waals surface area contributed by atoms with E-state index in [-0.39, 0.29) is 17.7 Å². The lowest BCUT2D eigenvalue weighted by Crippen LogP contribution is -2.38. The number of aromatic amines is 1. The Balaban J connectivity index is 1.69. The first kappa shape index (κ1) is 23.2. The molecule has 1 aliphatic rings. The normalized spacial score (nSPS) is 16.4. The fraction of sp³-hybridized carbons (Fsp3) is 0.385. The second-order valence-corrected chi connectivity index (χ2v) is 9.21. The van der Waals surface area contributed by atoms with E-state index in [1.807, 2.05) is 56.3 Å². The minimum atomic E-state index is -0.240. The largest absolute Gasteiger partial charge is 0.411 e. The number of hydrogen-bond acceptors (Lipinski definition) is 6. The number of fused-ring (bicyclic) bond motifs is 1. The molecule has 9 heteroatoms. The third-order valence-corrected chi connectivity index (χ3v) is 6.70. The maximum absolute atomic E-state index is 13.5. The van der Waals surface area contributed by atoms with E-state index in [4.69, 9.17) is 15.6 Å². The summed E-state index contributed by atoms with van der Waals surface area (Å²) in [5, 5.41) is 4.86. The Bertz CT molecular complexity index is 1390. The second-order valence-electron chi connectivity index (χ2n) is 9.21. The van der Waals surface area contributed by atoms with Crippen molar-refractivity contribution in [3.8, 4) is 22.4 Å². The lowest BCUT2D eigenvalue weighted by atomic mass is 9.99. The molecule has 0 bridgehead atoms. The average Bonchev–Trinajstić information content (AvgIpc) is 3.41. The van der Waals surface area contributed by atoms with Crippen LogP contribution in [0.2, 0.25) is 0 Å². The molecule has 182 valence electrons. The first-order valence-electron chi connectivity index (χ1n) is 12.0. The predicted octanol–water partition coefficient (Wildman–Crippen LogP) is 2.35. The van der Waals surface area contributed by atoms with Crippen LogP contribution in [-0.4, -0.2) is 56.9 Å². The topological polar surface area (TPSA) is 105 Å². The van der Waals surface area contributed by atoms with Crippen molar-refractivity contribution < 1.29 is 9.72 Å². The maximum Gasteiger partial charge on any atom is 0.411 e. The van der Waals surface area contributed by atoms with Gasteiger partial charge in [-0.2, -0.15) is 4.68 Å². The number of nitrogen functional groups attached to an aromatic ring is 1. The van der Waals surface area contributed by atoms with Gasteiger partial charge >= 0.3 is 11.6 Å². The van der Waals surface area contributed by atoms with Crippen molar-refractivity contribution >= 4 is 11.6 Å². The number of aromatic nitrogens is 5. The van der Waals surface area contributed by atoms with Gasteiger partial charge in [0.2, 0.25) is 5.65 Å². The minimum absolute atomic E-state index is 0.237. The van der Waals surface area contributed by atoms with Gasteiger partial charge in [-0.3, -0.25) is 15.6 Å². The zero-order valence-corrected chi connectivity index (χ0v) is 20.5. The molecule has 0 radical (unpaired) electrons. The van der Waals surface area contributed by atoms with Gasteiger partial charge in [-0.25, -0.2) is 9.78 Å². The van der Waals surface area contributed by atoms with E-state index in [1.165, 1.54) is 4.40 Å². The molecule has 9 nitrogen and oxygen atoms in total. The van der Waals surface area contributed by atoms with Crippen molar-refractivity contribution in [2.75, 3.05) is 32.5 Å². The quantitative estimate of drug-likeness (QED) is 0.441. The van der Waals surface area contributed by atoms with Crippen LogP contribution in [0.4, 0.5) is 5.95 Å². The number of aryl methyl sites for hydroxylation is 2. The number of nitrogens with one attached hydrogen (secondary N) is 1. The smallest absolute Gasteiger partial charge is 0.383 e. The molecular weight excluding hydrogens is 442 g/mol. The van der Waals surface area contributed by atoms with E-state index >= 15 is 0 Å². The lowest BCUT2D eigenvalue weighted by Gasteiger charge is -2.23.